The number of carbonyl (C=O) groups excluding carboxylic acids is 1. The van der Waals surface area contributed by atoms with Gasteiger partial charge in [0.25, 0.3) is 0 Å². The Morgan fingerprint density at radius 3 is 2.42 bits per heavy atom. The van der Waals surface area contributed by atoms with Gasteiger partial charge in [0.1, 0.15) is 0 Å². The summed E-state index contributed by atoms with van der Waals surface area (Å²) in [5, 5.41) is 3.17. The number of rotatable bonds is 8. The minimum Gasteiger partial charge on any atom is -0.349 e. The van der Waals surface area contributed by atoms with E-state index in [-0.39, 0.29) is 22.9 Å². The Morgan fingerprint density at radius 2 is 1.67 bits per heavy atom. The number of fused-ring (bicyclic) bond motifs is 1. The van der Waals surface area contributed by atoms with Gasteiger partial charge in [-0.2, -0.15) is 0 Å². The Labute approximate surface area is 196 Å². The number of hydrogen-bond acceptors (Lipinski definition) is 3. The van der Waals surface area contributed by atoms with E-state index in [0.29, 0.717) is 12.8 Å². The fourth-order valence-corrected chi connectivity index (χ4v) is 5.61. The molecule has 33 heavy (non-hydrogen) atoms. The minimum absolute atomic E-state index is 0.0201. The Morgan fingerprint density at radius 1 is 0.970 bits per heavy atom. The Kier molecular flexibility index (Phi) is 7.26. The number of benzene rings is 3. The van der Waals surface area contributed by atoms with Crippen molar-refractivity contribution >= 4 is 15.9 Å². The second kappa shape index (κ2) is 10.3. The van der Waals surface area contributed by atoms with E-state index in [4.69, 9.17) is 0 Å². The second-order valence-corrected chi connectivity index (χ2v) is 10.3. The molecular formula is C27H30N2O3S. The van der Waals surface area contributed by atoms with Crippen LogP contribution in [0, 0.1) is 0 Å². The molecule has 0 saturated heterocycles. The van der Waals surface area contributed by atoms with Gasteiger partial charge in [0.2, 0.25) is 15.9 Å². The monoisotopic (exact) mass is 462 g/mol. The molecule has 0 heterocycles. The highest BCUT2D eigenvalue weighted by molar-refractivity contribution is 7.89. The molecule has 0 saturated carbocycles. The maximum Gasteiger partial charge on any atom is 0.241 e. The third-order valence-electron chi connectivity index (χ3n) is 6.21. The standard InChI is InChI=1S/C27H30N2O3S/c1-20(22-8-3-2-4-9-22)29-33(31,32)24-17-14-21(15-18-24)16-19-27(30)28-26-13-7-11-23-10-5-6-12-25(23)26/h2-6,8-10,12,14-15,17-18,20,26,29H,7,11,13,16,19H2,1H3,(H,28,30)/t20-,26+/m1/s1. The summed E-state index contributed by atoms with van der Waals surface area (Å²) in [5.41, 5.74) is 4.39. The molecule has 172 valence electrons. The van der Waals surface area contributed by atoms with E-state index in [9.17, 15) is 13.2 Å². The van der Waals surface area contributed by atoms with Gasteiger partial charge < -0.3 is 5.32 Å². The molecule has 3 aromatic rings. The number of carbonyl (C=O) groups is 1. The molecule has 5 nitrogen and oxygen atoms in total. The van der Waals surface area contributed by atoms with E-state index in [1.165, 1.54) is 11.1 Å². The zero-order chi connectivity index (χ0) is 23.3. The quantitative estimate of drug-likeness (QED) is 0.502. The maximum atomic E-state index is 12.7. The maximum absolute atomic E-state index is 12.7. The lowest BCUT2D eigenvalue weighted by molar-refractivity contribution is -0.121. The number of hydrogen-bond donors (Lipinski definition) is 2. The molecule has 0 unspecified atom stereocenters. The topological polar surface area (TPSA) is 75.3 Å². The van der Waals surface area contributed by atoms with Crippen LogP contribution in [-0.2, 0) is 27.7 Å². The Hall–Kier alpha value is -2.96. The molecule has 0 aliphatic heterocycles. The fourth-order valence-electron chi connectivity index (χ4n) is 4.37. The van der Waals surface area contributed by atoms with Crippen molar-refractivity contribution in [2.75, 3.05) is 0 Å². The Balaban J connectivity index is 1.32. The van der Waals surface area contributed by atoms with Crippen molar-refractivity contribution in [3.63, 3.8) is 0 Å². The summed E-state index contributed by atoms with van der Waals surface area (Å²) >= 11 is 0. The van der Waals surface area contributed by atoms with Gasteiger partial charge in [-0.05, 0) is 67.0 Å². The van der Waals surface area contributed by atoms with Gasteiger partial charge >= 0.3 is 0 Å². The lowest BCUT2D eigenvalue weighted by atomic mass is 9.87. The zero-order valence-electron chi connectivity index (χ0n) is 18.8. The fraction of sp³-hybridized carbons (Fsp3) is 0.296. The first-order valence-electron chi connectivity index (χ1n) is 11.5. The van der Waals surface area contributed by atoms with Crippen LogP contribution in [0.3, 0.4) is 0 Å². The normalized spacial score (nSPS) is 16.6. The third kappa shape index (κ3) is 5.89. The van der Waals surface area contributed by atoms with Crippen LogP contribution in [0.5, 0.6) is 0 Å². The highest BCUT2D eigenvalue weighted by Crippen LogP contribution is 2.29. The summed E-state index contributed by atoms with van der Waals surface area (Å²) in [6.45, 7) is 1.82. The number of nitrogens with one attached hydrogen (secondary N) is 2. The van der Waals surface area contributed by atoms with Crippen LogP contribution in [0.1, 0.15) is 60.5 Å². The summed E-state index contributed by atoms with van der Waals surface area (Å²) in [7, 11) is -3.63. The summed E-state index contributed by atoms with van der Waals surface area (Å²) < 4.78 is 28.2. The van der Waals surface area contributed by atoms with Crippen LogP contribution in [0.25, 0.3) is 0 Å². The molecule has 4 rings (SSSR count). The predicted molar refractivity (Wildman–Crippen MR) is 130 cm³/mol. The zero-order valence-corrected chi connectivity index (χ0v) is 19.6. The first kappa shape index (κ1) is 23.2. The van der Waals surface area contributed by atoms with E-state index in [2.05, 4.69) is 22.2 Å². The van der Waals surface area contributed by atoms with E-state index < -0.39 is 10.0 Å². The third-order valence-corrected chi connectivity index (χ3v) is 7.77. The van der Waals surface area contributed by atoms with Crippen molar-refractivity contribution in [2.45, 2.75) is 56.0 Å². The van der Waals surface area contributed by atoms with Crippen molar-refractivity contribution in [3.05, 3.63) is 101 Å². The first-order chi connectivity index (χ1) is 15.9. The van der Waals surface area contributed by atoms with E-state index in [0.717, 1.165) is 30.4 Å². The smallest absolute Gasteiger partial charge is 0.241 e. The highest BCUT2D eigenvalue weighted by atomic mass is 32.2. The molecule has 1 aliphatic carbocycles. The predicted octanol–water partition coefficient (Wildman–Crippen LogP) is 4.85. The lowest BCUT2D eigenvalue weighted by Gasteiger charge is -2.26. The van der Waals surface area contributed by atoms with Gasteiger partial charge in [0.15, 0.2) is 0 Å². The summed E-state index contributed by atoms with van der Waals surface area (Å²) in [4.78, 5) is 12.8. The van der Waals surface area contributed by atoms with Crippen molar-refractivity contribution in [1.29, 1.82) is 0 Å². The summed E-state index contributed by atoms with van der Waals surface area (Å²) in [6.07, 6.45) is 4.04. The van der Waals surface area contributed by atoms with Gasteiger partial charge in [-0.1, -0.05) is 66.7 Å². The number of amides is 1. The lowest BCUT2D eigenvalue weighted by Crippen LogP contribution is -2.31. The molecule has 0 radical (unpaired) electrons. The van der Waals surface area contributed by atoms with E-state index in [1.807, 2.05) is 49.4 Å². The van der Waals surface area contributed by atoms with Crippen molar-refractivity contribution < 1.29 is 13.2 Å². The second-order valence-electron chi connectivity index (χ2n) is 8.61. The molecule has 0 fully saturated rings. The number of aryl methyl sites for hydroxylation is 2. The van der Waals surface area contributed by atoms with Crippen LogP contribution in [0.4, 0.5) is 0 Å². The molecule has 0 spiro atoms. The molecule has 2 N–H and O–H groups in total. The summed E-state index contributed by atoms with van der Waals surface area (Å²) in [5.74, 6) is 0.0201. The van der Waals surface area contributed by atoms with Crippen LogP contribution < -0.4 is 10.0 Å². The molecule has 0 bridgehead atoms. The number of sulfonamides is 1. The van der Waals surface area contributed by atoms with Gasteiger partial charge in [-0.25, -0.2) is 13.1 Å². The van der Waals surface area contributed by atoms with Crippen molar-refractivity contribution in [3.8, 4) is 0 Å². The molecule has 0 aromatic heterocycles. The van der Waals surface area contributed by atoms with Gasteiger partial charge in [-0.15, -0.1) is 0 Å². The Bertz CT molecular complexity index is 1190. The van der Waals surface area contributed by atoms with Crippen LogP contribution in [0.2, 0.25) is 0 Å². The highest BCUT2D eigenvalue weighted by Gasteiger charge is 2.21. The molecule has 2 atom stereocenters. The van der Waals surface area contributed by atoms with Gasteiger partial charge in [-0.3, -0.25) is 4.79 Å². The van der Waals surface area contributed by atoms with Crippen molar-refractivity contribution in [1.82, 2.24) is 10.0 Å². The van der Waals surface area contributed by atoms with E-state index >= 15 is 0 Å². The molecular weight excluding hydrogens is 432 g/mol. The van der Waals surface area contributed by atoms with Gasteiger partial charge in [0, 0.05) is 12.5 Å². The molecule has 3 aromatic carbocycles. The minimum atomic E-state index is -3.63. The molecule has 1 amide bonds. The molecule has 1 aliphatic rings. The average molecular weight is 463 g/mol. The van der Waals surface area contributed by atoms with Crippen LogP contribution >= 0.6 is 0 Å². The largest absolute Gasteiger partial charge is 0.349 e. The average Bonchev–Trinajstić information content (AvgIpc) is 2.83. The van der Waals surface area contributed by atoms with Crippen LogP contribution in [0.15, 0.2) is 83.8 Å². The first-order valence-corrected chi connectivity index (χ1v) is 12.9. The summed E-state index contributed by atoms with van der Waals surface area (Å²) in [6, 6.07) is 24.3. The SMILES string of the molecule is C[C@@H](NS(=O)(=O)c1ccc(CCC(=O)N[C@H]2CCCc3ccccc32)cc1)c1ccccc1. The molecule has 6 heteroatoms. The van der Waals surface area contributed by atoms with Gasteiger partial charge in [0.05, 0.1) is 10.9 Å². The van der Waals surface area contributed by atoms with Crippen LogP contribution in [-0.4, -0.2) is 14.3 Å². The van der Waals surface area contributed by atoms with Crippen molar-refractivity contribution in [2.24, 2.45) is 0 Å². The van der Waals surface area contributed by atoms with E-state index in [1.54, 1.807) is 24.3 Å².